The van der Waals surface area contributed by atoms with Crippen LogP contribution in [-0.2, 0) is 5.60 Å². The molecule has 15 heavy (non-hydrogen) atoms. The molecule has 84 valence electrons. The molecule has 0 amide bonds. The summed E-state index contributed by atoms with van der Waals surface area (Å²) in [5.74, 6) is 0. The van der Waals surface area contributed by atoms with Gasteiger partial charge in [0.05, 0.1) is 5.60 Å². The monoisotopic (exact) mass is 207 g/mol. The van der Waals surface area contributed by atoms with E-state index in [9.17, 15) is 5.11 Å². The number of benzene rings is 1. The van der Waals surface area contributed by atoms with Gasteiger partial charge in [0.25, 0.3) is 0 Å². The number of rotatable bonds is 4. The standard InChI is InChI=1S/C13H21NO/c1-4-12(2,10-14)13(3,15)11-8-6-5-7-9-11/h5-9,15H,4,10,14H2,1-3H3. The zero-order valence-corrected chi connectivity index (χ0v) is 9.83. The van der Waals surface area contributed by atoms with Gasteiger partial charge in [-0.1, -0.05) is 44.2 Å². The van der Waals surface area contributed by atoms with Crippen LogP contribution < -0.4 is 5.73 Å². The maximum absolute atomic E-state index is 10.6. The Balaban J connectivity index is 3.12. The molecule has 0 aromatic heterocycles. The first-order valence-corrected chi connectivity index (χ1v) is 5.46. The van der Waals surface area contributed by atoms with Gasteiger partial charge in [-0.3, -0.25) is 0 Å². The molecular weight excluding hydrogens is 186 g/mol. The van der Waals surface area contributed by atoms with E-state index in [0.717, 1.165) is 12.0 Å². The van der Waals surface area contributed by atoms with E-state index in [4.69, 9.17) is 5.73 Å². The molecule has 2 atom stereocenters. The second-order valence-electron chi connectivity index (χ2n) is 4.56. The summed E-state index contributed by atoms with van der Waals surface area (Å²) in [5, 5.41) is 10.6. The minimum atomic E-state index is -0.877. The van der Waals surface area contributed by atoms with Crippen molar-refractivity contribution < 1.29 is 5.11 Å². The lowest BCUT2D eigenvalue weighted by Gasteiger charge is -2.42. The molecule has 0 aliphatic carbocycles. The highest BCUT2D eigenvalue weighted by Gasteiger charge is 2.41. The van der Waals surface area contributed by atoms with Crippen molar-refractivity contribution in [2.24, 2.45) is 11.1 Å². The van der Waals surface area contributed by atoms with Crippen LogP contribution in [0.1, 0.15) is 32.8 Å². The largest absolute Gasteiger partial charge is 0.385 e. The second kappa shape index (κ2) is 4.33. The van der Waals surface area contributed by atoms with Gasteiger partial charge < -0.3 is 10.8 Å². The van der Waals surface area contributed by atoms with Gasteiger partial charge in [0, 0.05) is 12.0 Å². The summed E-state index contributed by atoms with van der Waals surface area (Å²) in [5.41, 5.74) is 5.55. The second-order valence-corrected chi connectivity index (χ2v) is 4.56. The molecular formula is C13H21NO. The van der Waals surface area contributed by atoms with Crippen LogP contribution in [0.15, 0.2) is 30.3 Å². The SMILES string of the molecule is CCC(C)(CN)C(C)(O)c1ccccc1. The highest BCUT2D eigenvalue weighted by atomic mass is 16.3. The average Bonchev–Trinajstić information content (AvgIpc) is 2.29. The van der Waals surface area contributed by atoms with Crippen molar-refractivity contribution in [1.82, 2.24) is 0 Å². The highest BCUT2D eigenvalue weighted by molar-refractivity contribution is 5.24. The summed E-state index contributed by atoms with van der Waals surface area (Å²) >= 11 is 0. The Kier molecular flexibility index (Phi) is 3.53. The van der Waals surface area contributed by atoms with Crippen molar-refractivity contribution in [3.63, 3.8) is 0 Å². The molecule has 0 radical (unpaired) electrons. The Morgan fingerprint density at radius 1 is 1.20 bits per heavy atom. The van der Waals surface area contributed by atoms with E-state index < -0.39 is 5.60 Å². The van der Waals surface area contributed by atoms with Crippen LogP contribution in [0.3, 0.4) is 0 Å². The van der Waals surface area contributed by atoms with Gasteiger partial charge in [-0.15, -0.1) is 0 Å². The molecule has 3 N–H and O–H groups in total. The van der Waals surface area contributed by atoms with Crippen molar-refractivity contribution >= 4 is 0 Å². The van der Waals surface area contributed by atoms with Crippen LogP contribution in [0, 0.1) is 5.41 Å². The minimum absolute atomic E-state index is 0.283. The topological polar surface area (TPSA) is 46.2 Å². The molecule has 0 aliphatic heterocycles. The van der Waals surface area contributed by atoms with Crippen molar-refractivity contribution in [2.75, 3.05) is 6.54 Å². The van der Waals surface area contributed by atoms with Gasteiger partial charge in [-0.25, -0.2) is 0 Å². The van der Waals surface area contributed by atoms with Gasteiger partial charge in [0.15, 0.2) is 0 Å². The average molecular weight is 207 g/mol. The Morgan fingerprint density at radius 2 is 1.73 bits per heavy atom. The smallest absolute Gasteiger partial charge is 0.0933 e. The van der Waals surface area contributed by atoms with E-state index in [1.54, 1.807) is 0 Å². The molecule has 1 aromatic carbocycles. The molecule has 2 heteroatoms. The lowest BCUT2D eigenvalue weighted by Crippen LogP contribution is -2.46. The summed E-state index contributed by atoms with van der Waals surface area (Å²) in [4.78, 5) is 0. The fourth-order valence-corrected chi connectivity index (χ4v) is 1.80. The van der Waals surface area contributed by atoms with Gasteiger partial charge in [-0.05, 0) is 18.9 Å². The Labute approximate surface area is 92.1 Å². The van der Waals surface area contributed by atoms with E-state index in [0.29, 0.717) is 6.54 Å². The Hall–Kier alpha value is -0.860. The first-order valence-electron chi connectivity index (χ1n) is 5.46. The van der Waals surface area contributed by atoms with Crippen LogP contribution in [0.2, 0.25) is 0 Å². The zero-order valence-electron chi connectivity index (χ0n) is 9.83. The number of aliphatic hydroxyl groups is 1. The Morgan fingerprint density at radius 3 is 2.13 bits per heavy atom. The summed E-state index contributed by atoms with van der Waals surface area (Å²) in [7, 11) is 0. The molecule has 1 aromatic rings. The first-order chi connectivity index (χ1) is 6.98. The molecule has 0 bridgehead atoms. The lowest BCUT2D eigenvalue weighted by molar-refractivity contribution is -0.0646. The molecule has 0 fully saturated rings. The summed E-state index contributed by atoms with van der Waals surface area (Å²) < 4.78 is 0. The molecule has 0 saturated heterocycles. The van der Waals surface area contributed by atoms with Gasteiger partial charge in [0.1, 0.15) is 0 Å². The zero-order chi connectivity index (χ0) is 11.5. The molecule has 1 rings (SSSR count). The number of nitrogens with two attached hydrogens (primary N) is 1. The maximum Gasteiger partial charge on any atom is 0.0933 e. The summed E-state index contributed by atoms with van der Waals surface area (Å²) in [6.45, 7) is 6.41. The summed E-state index contributed by atoms with van der Waals surface area (Å²) in [6.07, 6.45) is 0.853. The fraction of sp³-hybridized carbons (Fsp3) is 0.538. The molecule has 0 aliphatic rings. The van der Waals surface area contributed by atoms with Gasteiger partial charge >= 0.3 is 0 Å². The number of hydrogen-bond donors (Lipinski definition) is 2. The third kappa shape index (κ3) is 2.06. The first kappa shape index (κ1) is 12.2. The van der Waals surface area contributed by atoms with Crippen molar-refractivity contribution in [2.45, 2.75) is 32.8 Å². The third-order valence-electron chi connectivity index (χ3n) is 3.74. The third-order valence-corrected chi connectivity index (χ3v) is 3.74. The van der Waals surface area contributed by atoms with Crippen molar-refractivity contribution in [3.8, 4) is 0 Å². The van der Waals surface area contributed by atoms with Crippen LogP contribution in [0.5, 0.6) is 0 Å². The van der Waals surface area contributed by atoms with Gasteiger partial charge in [-0.2, -0.15) is 0 Å². The molecule has 2 unspecified atom stereocenters. The maximum atomic E-state index is 10.6. The molecule has 0 spiro atoms. The molecule has 2 nitrogen and oxygen atoms in total. The van der Waals surface area contributed by atoms with E-state index in [1.165, 1.54) is 0 Å². The fourth-order valence-electron chi connectivity index (χ4n) is 1.80. The predicted molar refractivity (Wildman–Crippen MR) is 63.5 cm³/mol. The Bertz CT molecular complexity index is 302. The quantitative estimate of drug-likeness (QED) is 0.795. The van der Waals surface area contributed by atoms with Crippen molar-refractivity contribution in [3.05, 3.63) is 35.9 Å². The van der Waals surface area contributed by atoms with Gasteiger partial charge in [0.2, 0.25) is 0 Å². The van der Waals surface area contributed by atoms with Crippen LogP contribution in [0.4, 0.5) is 0 Å². The van der Waals surface area contributed by atoms with Crippen LogP contribution >= 0.6 is 0 Å². The molecule has 0 heterocycles. The number of hydrogen-bond acceptors (Lipinski definition) is 2. The lowest BCUT2D eigenvalue weighted by atomic mass is 9.69. The summed E-state index contributed by atoms with van der Waals surface area (Å²) in [6, 6.07) is 9.73. The van der Waals surface area contributed by atoms with E-state index in [-0.39, 0.29) is 5.41 Å². The molecule has 0 saturated carbocycles. The van der Waals surface area contributed by atoms with E-state index in [2.05, 4.69) is 6.92 Å². The predicted octanol–water partition coefficient (Wildman–Crippen LogP) is 2.27. The normalized spacial score (nSPS) is 19.3. The van der Waals surface area contributed by atoms with E-state index >= 15 is 0 Å². The van der Waals surface area contributed by atoms with Crippen LogP contribution in [-0.4, -0.2) is 11.7 Å². The van der Waals surface area contributed by atoms with Crippen molar-refractivity contribution in [1.29, 1.82) is 0 Å². The van der Waals surface area contributed by atoms with Crippen LogP contribution in [0.25, 0.3) is 0 Å². The minimum Gasteiger partial charge on any atom is -0.385 e. The van der Waals surface area contributed by atoms with E-state index in [1.807, 2.05) is 44.2 Å². The highest BCUT2D eigenvalue weighted by Crippen LogP contribution is 2.41.